The molecule has 1 aliphatic heterocycles. The third kappa shape index (κ3) is 1.74. The Labute approximate surface area is 73.8 Å². The van der Waals surface area contributed by atoms with Crippen LogP contribution in [0.3, 0.4) is 0 Å². The summed E-state index contributed by atoms with van der Waals surface area (Å²) in [7, 11) is 0. The van der Waals surface area contributed by atoms with Crippen LogP contribution in [0.1, 0.15) is 38.5 Å². The van der Waals surface area contributed by atoms with Gasteiger partial charge in [0.05, 0.1) is 6.04 Å². The fourth-order valence-electron chi connectivity index (χ4n) is 2.13. The molecule has 12 heavy (non-hydrogen) atoms. The molecule has 1 aliphatic carbocycles. The summed E-state index contributed by atoms with van der Waals surface area (Å²) in [4.78, 5) is 0. The second kappa shape index (κ2) is 3.83. The normalized spacial score (nSPS) is 35.3. The fourth-order valence-corrected chi connectivity index (χ4v) is 2.13. The summed E-state index contributed by atoms with van der Waals surface area (Å²) in [5.74, 6) is 0.697. The van der Waals surface area contributed by atoms with E-state index >= 15 is 0 Å². The monoisotopic (exact) mass is 164 g/mol. The van der Waals surface area contributed by atoms with Gasteiger partial charge in [-0.05, 0) is 12.8 Å². The molecule has 1 heterocycles. The number of hydrogen-bond acceptors (Lipinski definition) is 2. The molecule has 2 atom stereocenters. The lowest BCUT2D eigenvalue weighted by atomic mass is 9.87. The van der Waals surface area contributed by atoms with Crippen LogP contribution in [0.25, 0.3) is 0 Å². The van der Waals surface area contributed by atoms with Gasteiger partial charge in [-0.15, -0.1) is 0 Å². The molecule has 2 unspecified atom stereocenters. The van der Waals surface area contributed by atoms with E-state index in [4.69, 9.17) is 0 Å². The molecule has 2 heteroatoms. The van der Waals surface area contributed by atoms with E-state index in [1.54, 1.807) is 0 Å². The summed E-state index contributed by atoms with van der Waals surface area (Å²) in [6.45, 7) is 0. The van der Waals surface area contributed by atoms with Gasteiger partial charge in [-0.3, -0.25) is 0 Å². The van der Waals surface area contributed by atoms with Crippen LogP contribution >= 0.6 is 0 Å². The van der Waals surface area contributed by atoms with Crippen molar-refractivity contribution in [3.05, 3.63) is 12.3 Å². The summed E-state index contributed by atoms with van der Waals surface area (Å²) >= 11 is 0. The molecule has 0 N–H and O–H groups in total. The first-order valence-electron chi connectivity index (χ1n) is 5.03. The Bertz CT molecular complexity index is 174. The van der Waals surface area contributed by atoms with Crippen LogP contribution in [0.2, 0.25) is 0 Å². The lowest BCUT2D eigenvalue weighted by Gasteiger charge is -2.24. The Kier molecular flexibility index (Phi) is 2.54. The minimum Gasteiger partial charge on any atom is -0.185 e. The summed E-state index contributed by atoms with van der Waals surface area (Å²) in [6, 6.07) is 0.510. The zero-order valence-electron chi connectivity index (χ0n) is 7.45. The SMILES string of the molecule is C1=CC2CCCCCCC2N=N1. The van der Waals surface area contributed by atoms with Crippen molar-refractivity contribution >= 4 is 0 Å². The lowest BCUT2D eigenvalue weighted by molar-refractivity contribution is 0.368. The number of fused-ring (bicyclic) bond motifs is 1. The number of rotatable bonds is 0. The van der Waals surface area contributed by atoms with Crippen molar-refractivity contribution in [2.24, 2.45) is 16.1 Å². The quantitative estimate of drug-likeness (QED) is 0.524. The summed E-state index contributed by atoms with van der Waals surface area (Å²) < 4.78 is 0. The van der Waals surface area contributed by atoms with Crippen LogP contribution in [-0.4, -0.2) is 6.04 Å². The van der Waals surface area contributed by atoms with Gasteiger partial charge in [-0.2, -0.15) is 10.2 Å². The highest BCUT2D eigenvalue weighted by molar-refractivity contribution is 4.96. The highest BCUT2D eigenvalue weighted by Gasteiger charge is 2.21. The number of azo groups is 1. The largest absolute Gasteiger partial charge is 0.185 e. The third-order valence-corrected chi connectivity index (χ3v) is 2.90. The van der Waals surface area contributed by atoms with Crippen LogP contribution < -0.4 is 0 Å². The maximum Gasteiger partial charge on any atom is 0.0775 e. The first kappa shape index (κ1) is 7.96. The molecule has 2 rings (SSSR count). The molecule has 2 nitrogen and oxygen atoms in total. The Morgan fingerprint density at radius 2 is 1.83 bits per heavy atom. The van der Waals surface area contributed by atoms with E-state index in [1.165, 1.54) is 38.5 Å². The van der Waals surface area contributed by atoms with Crippen LogP contribution in [0.15, 0.2) is 22.5 Å². The zero-order chi connectivity index (χ0) is 8.23. The second-order valence-electron chi connectivity index (χ2n) is 3.80. The molecule has 0 aromatic heterocycles. The fraction of sp³-hybridized carbons (Fsp3) is 0.800. The van der Waals surface area contributed by atoms with Crippen molar-refractivity contribution in [1.29, 1.82) is 0 Å². The Morgan fingerprint density at radius 3 is 2.75 bits per heavy atom. The van der Waals surface area contributed by atoms with E-state index in [9.17, 15) is 0 Å². The molecule has 0 aromatic carbocycles. The summed E-state index contributed by atoms with van der Waals surface area (Å²) in [5.41, 5.74) is 0. The van der Waals surface area contributed by atoms with Crippen molar-refractivity contribution in [3.63, 3.8) is 0 Å². The van der Waals surface area contributed by atoms with Crippen LogP contribution in [0.5, 0.6) is 0 Å². The Morgan fingerprint density at radius 1 is 1.00 bits per heavy atom. The molecular formula is C10H16N2. The highest BCUT2D eigenvalue weighted by atomic mass is 15.1. The van der Waals surface area contributed by atoms with Crippen molar-refractivity contribution in [1.82, 2.24) is 0 Å². The van der Waals surface area contributed by atoms with Gasteiger partial charge in [-0.25, -0.2) is 0 Å². The Balaban J connectivity index is 2.00. The second-order valence-corrected chi connectivity index (χ2v) is 3.80. The first-order chi connectivity index (χ1) is 5.97. The van der Waals surface area contributed by atoms with E-state index in [0.29, 0.717) is 12.0 Å². The standard InChI is InChI=1S/C10H16N2/c1-2-4-6-10-9(5-3-1)7-8-11-12-10/h7-10H,1-6H2. The van der Waals surface area contributed by atoms with Crippen molar-refractivity contribution in [2.75, 3.05) is 0 Å². The molecule has 66 valence electrons. The van der Waals surface area contributed by atoms with E-state index in [2.05, 4.69) is 16.3 Å². The predicted octanol–water partition coefficient (Wildman–Crippen LogP) is 3.30. The van der Waals surface area contributed by atoms with E-state index in [0.717, 1.165) is 0 Å². The molecule has 1 fully saturated rings. The van der Waals surface area contributed by atoms with E-state index < -0.39 is 0 Å². The molecule has 0 radical (unpaired) electrons. The minimum atomic E-state index is 0.510. The maximum absolute atomic E-state index is 4.29. The molecule has 0 saturated heterocycles. The zero-order valence-corrected chi connectivity index (χ0v) is 7.45. The molecule has 0 spiro atoms. The topological polar surface area (TPSA) is 24.7 Å². The first-order valence-corrected chi connectivity index (χ1v) is 5.03. The van der Waals surface area contributed by atoms with Gasteiger partial charge < -0.3 is 0 Å². The van der Waals surface area contributed by atoms with Gasteiger partial charge in [0.25, 0.3) is 0 Å². The Hall–Kier alpha value is -0.660. The minimum absolute atomic E-state index is 0.510. The molecule has 2 aliphatic rings. The van der Waals surface area contributed by atoms with E-state index in [1.807, 2.05) is 6.20 Å². The van der Waals surface area contributed by atoms with Crippen molar-refractivity contribution < 1.29 is 0 Å². The maximum atomic E-state index is 4.29. The summed E-state index contributed by atoms with van der Waals surface area (Å²) in [6.07, 6.45) is 12.2. The third-order valence-electron chi connectivity index (χ3n) is 2.90. The average Bonchev–Trinajstić information content (AvgIpc) is 2.06. The molecule has 0 bridgehead atoms. The van der Waals surface area contributed by atoms with E-state index in [-0.39, 0.29) is 0 Å². The summed E-state index contributed by atoms with van der Waals surface area (Å²) in [5, 5.41) is 8.27. The molecular weight excluding hydrogens is 148 g/mol. The smallest absolute Gasteiger partial charge is 0.0775 e. The molecule has 1 saturated carbocycles. The van der Waals surface area contributed by atoms with Crippen LogP contribution in [-0.2, 0) is 0 Å². The van der Waals surface area contributed by atoms with Crippen molar-refractivity contribution in [3.8, 4) is 0 Å². The van der Waals surface area contributed by atoms with Gasteiger partial charge in [-0.1, -0.05) is 31.8 Å². The van der Waals surface area contributed by atoms with Crippen LogP contribution in [0.4, 0.5) is 0 Å². The van der Waals surface area contributed by atoms with Gasteiger partial charge in [0.2, 0.25) is 0 Å². The van der Waals surface area contributed by atoms with Gasteiger partial charge >= 0.3 is 0 Å². The molecule has 0 aromatic rings. The number of hydrogen-bond donors (Lipinski definition) is 0. The number of nitrogens with zero attached hydrogens (tertiary/aromatic N) is 2. The average molecular weight is 164 g/mol. The molecule has 0 amide bonds. The van der Waals surface area contributed by atoms with Crippen LogP contribution in [0, 0.1) is 5.92 Å². The van der Waals surface area contributed by atoms with Gasteiger partial charge in [0, 0.05) is 12.1 Å². The van der Waals surface area contributed by atoms with Crippen molar-refractivity contribution in [2.45, 2.75) is 44.6 Å². The lowest BCUT2D eigenvalue weighted by Crippen LogP contribution is -2.19. The highest BCUT2D eigenvalue weighted by Crippen LogP contribution is 2.28. The van der Waals surface area contributed by atoms with Gasteiger partial charge in [0.15, 0.2) is 0 Å². The predicted molar refractivity (Wildman–Crippen MR) is 49.0 cm³/mol. The van der Waals surface area contributed by atoms with Gasteiger partial charge in [0.1, 0.15) is 0 Å².